The Balaban J connectivity index is 1.00. The van der Waals surface area contributed by atoms with E-state index in [2.05, 4.69) is 195 Å². The fourth-order valence-electron chi connectivity index (χ4n) is 9.76. The van der Waals surface area contributed by atoms with Crippen molar-refractivity contribution in [3.05, 3.63) is 241 Å². The van der Waals surface area contributed by atoms with Crippen LogP contribution >= 0.6 is 0 Å². The second-order valence-electron chi connectivity index (χ2n) is 16.6. The molecule has 11 aromatic rings. The van der Waals surface area contributed by atoms with Gasteiger partial charge in [0.05, 0.1) is 11.4 Å². The number of aromatic nitrogens is 2. The van der Waals surface area contributed by atoms with Gasteiger partial charge in [-0.1, -0.05) is 188 Å². The van der Waals surface area contributed by atoms with Crippen LogP contribution in [0.2, 0.25) is 0 Å². The SMILES string of the molecule is CC1(c2ccccc2)c2ccccc2-c2cc(-c3ccc(-c4cc(-c5cc(-c6ccccc6)nc(-c6ccccc6)n5)cc(-c5cccc6c5oc5ccccc56)c4)cc3)ccc21. The molecule has 1 atom stereocenters. The minimum atomic E-state index is -0.224. The summed E-state index contributed by atoms with van der Waals surface area (Å²) in [6, 6.07) is 80.0. The molecule has 63 heavy (non-hydrogen) atoms. The summed E-state index contributed by atoms with van der Waals surface area (Å²) in [5.41, 5.74) is 19.5. The fraction of sp³-hybridized carbons (Fsp3) is 0.0333. The summed E-state index contributed by atoms with van der Waals surface area (Å²) in [5.74, 6) is 0.684. The van der Waals surface area contributed by atoms with E-state index >= 15 is 0 Å². The molecule has 0 bridgehead atoms. The van der Waals surface area contributed by atoms with E-state index in [1.165, 1.54) is 38.9 Å². The third-order valence-electron chi connectivity index (χ3n) is 13.0. The molecule has 1 aliphatic carbocycles. The minimum absolute atomic E-state index is 0.224. The summed E-state index contributed by atoms with van der Waals surface area (Å²) in [7, 11) is 0. The molecule has 0 N–H and O–H groups in total. The summed E-state index contributed by atoms with van der Waals surface area (Å²) in [4.78, 5) is 10.4. The molecular weight excluding hydrogens is 765 g/mol. The molecule has 3 heteroatoms. The molecule has 0 spiro atoms. The normalized spacial score (nSPS) is 14.2. The van der Waals surface area contributed by atoms with E-state index in [0.717, 1.165) is 72.3 Å². The van der Waals surface area contributed by atoms with E-state index < -0.39 is 0 Å². The summed E-state index contributed by atoms with van der Waals surface area (Å²) < 4.78 is 6.61. The molecule has 9 aromatic carbocycles. The van der Waals surface area contributed by atoms with Crippen molar-refractivity contribution in [1.82, 2.24) is 9.97 Å². The molecule has 296 valence electrons. The largest absolute Gasteiger partial charge is 0.455 e. The van der Waals surface area contributed by atoms with Gasteiger partial charge in [0.25, 0.3) is 0 Å². The van der Waals surface area contributed by atoms with Crippen LogP contribution in [-0.2, 0) is 5.41 Å². The average Bonchev–Trinajstić information content (AvgIpc) is 3.87. The molecule has 0 radical (unpaired) electrons. The quantitative estimate of drug-likeness (QED) is 0.161. The van der Waals surface area contributed by atoms with Gasteiger partial charge in [-0.2, -0.15) is 0 Å². The first-order valence-electron chi connectivity index (χ1n) is 21.6. The van der Waals surface area contributed by atoms with Crippen LogP contribution in [0.4, 0.5) is 0 Å². The van der Waals surface area contributed by atoms with Gasteiger partial charge < -0.3 is 4.42 Å². The van der Waals surface area contributed by atoms with Gasteiger partial charge in [0.2, 0.25) is 0 Å². The Hall–Kier alpha value is -8.14. The number of furan rings is 1. The van der Waals surface area contributed by atoms with E-state index in [0.29, 0.717) is 5.82 Å². The molecule has 0 fully saturated rings. The van der Waals surface area contributed by atoms with Crippen LogP contribution in [0.15, 0.2) is 229 Å². The highest BCUT2D eigenvalue weighted by Gasteiger charge is 2.40. The number of hydrogen-bond donors (Lipinski definition) is 0. The number of fused-ring (bicyclic) bond motifs is 6. The number of hydrogen-bond acceptors (Lipinski definition) is 3. The number of nitrogens with zero attached hydrogens (tertiary/aromatic N) is 2. The smallest absolute Gasteiger partial charge is 0.160 e. The standard InChI is InChI=1S/C60H40N2O/c1-60(47-20-9-4-10-21-47)53-26-13-11-22-49(53)52-37-43(32-33-54(52)60)39-28-30-40(31-29-39)44-34-45(48-24-15-25-51-50-23-12-14-27-57(50)63-58(48)51)36-46(35-44)56-38-55(41-16-5-2-6-17-41)61-59(62-56)42-18-7-3-8-19-42/h2-38H,1H3. The van der Waals surface area contributed by atoms with Crippen LogP contribution in [-0.4, -0.2) is 9.97 Å². The third kappa shape index (κ3) is 6.20. The van der Waals surface area contributed by atoms with Crippen LogP contribution in [0.3, 0.4) is 0 Å². The lowest BCUT2D eigenvalue weighted by atomic mass is 9.74. The van der Waals surface area contributed by atoms with Crippen LogP contribution in [0.5, 0.6) is 0 Å². The Morgan fingerprint density at radius 3 is 1.68 bits per heavy atom. The first-order valence-corrected chi connectivity index (χ1v) is 21.6. The van der Waals surface area contributed by atoms with Crippen molar-refractivity contribution in [2.24, 2.45) is 0 Å². The highest BCUT2D eigenvalue weighted by Crippen LogP contribution is 2.53. The van der Waals surface area contributed by atoms with E-state index in [4.69, 9.17) is 14.4 Å². The van der Waals surface area contributed by atoms with Crippen LogP contribution in [0.25, 0.3) is 100 Å². The predicted molar refractivity (Wildman–Crippen MR) is 259 cm³/mol. The van der Waals surface area contributed by atoms with E-state index in [1.807, 2.05) is 36.4 Å². The maximum absolute atomic E-state index is 6.61. The number of benzene rings is 9. The molecular formula is C60H40N2O. The fourth-order valence-corrected chi connectivity index (χ4v) is 9.76. The molecule has 1 aliphatic rings. The molecule has 0 saturated carbocycles. The Morgan fingerprint density at radius 1 is 0.349 bits per heavy atom. The zero-order valence-corrected chi connectivity index (χ0v) is 34.7. The van der Waals surface area contributed by atoms with Crippen LogP contribution in [0, 0.1) is 0 Å². The monoisotopic (exact) mass is 804 g/mol. The Labute approximate surface area is 366 Å². The second-order valence-corrected chi connectivity index (χ2v) is 16.6. The molecule has 0 amide bonds. The van der Waals surface area contributed by atoms with Crippen molar-refractivity contribution in [2.45, 2.75) is 12.3 Å². The number of para-hydroxylation sites is 2. The van der Waals surface area contributed by atoms with Crippen molar-refractivity contribution in [3.8, 4) is 78.4 Å². The maximum Gasteiger partial charge on any atom is 0.160 e. The molecule has 1 unspecified atom stereocenters. The van der Waals surface area contributed by atoms with Gasteiger partial charge in [0.1, 0.15) is 11.2 Å². The minimum Gasteiger partial charge on any atom is -0.455 e. The average molecular weight is 805 g/mol. The van der Waals surface area contributed by atoms with Gasteiger partial charge in [0, 0.05) is 38.4 Å². The molecule has 0 saturated heterocycles. The summed E-state index contributed by atoms with van der Waals surface area (Å²) in [5, 5.41) is 2.21. The lowest BCUT2D eigenvalue weighted by Gasteiger charge is -2.28. The first-order chi connectivity index (χ1) is 31.1. The highest BCUT2D eigenvalue weighted by atomic mass is 16.3. The molecule has 3 nitrogen and oxygen atoms in total. The van der Waals surface area contributed by atoms with Gasteiger partial charge in [-0.15, -0.1) is 0 Å². The Morgan fingerprint density at radius 2 is 0.905 bits per heavy atom. The van der Waals surface area contributed by atoms with E-state index in [-0.39, 0.29) is 5.41 Å². The molecule has 12 rings (SSSR count). The second kappa shape index (κ2) is 14.8. The van der Waals surface area contributed by atoms with Gasteiger partial charge in [0.15, 0.2) is 5.82 Å². The van der Waals surface area contributed by atoms with Gasteiger partial charge in [-0.05, 0) is 99.0 Å². The maximum atomic E-state index is 6.61. The highest BCUT2D eigenvalue weighted by molar-refractivity contribution is 6.10. The Bertz CT molecular complexity index is 3440. The summed E-state index contributed by atoms with van der Waals surface area (Å²) in [6.45, 7) is 2.37. The summed E-state index contributed by atoms with van der Waals surface area (Å²) in [6.07, 6.45) is 0. The summed E-state index contributed by atoms with van der Waals surface area (Å²) >= 11 is 0. The lowest BCUT2D eigenvalue weighted by molar-refractivity contribution is 0.670. The van der Waals surface area contributed by atoms with Crippen LogP contribution in [0.1, 0.15) is 23.6 Å². The van der Waals surface area contributed by atoms with Gasteiger partial charge in [-0.3, -0.25) is 0 Å². The van der Waals surface area contributed by atoms with Crippen molar-refractivity contribution in [3.63, 3.8) is 0 Å². The zero-order valence-electron chi connectivity index (χ0n) is 34.7. The Kier molecular flexibility index (Phi) is 8.62. The van der Waals surface area contributed by atoms with E-state index in [1.54, 1.807) is 0 Å². The first kappa shape index (κ1) is 36.7. The van der Waals surface area contributed by atoms with Gasteiger partial charge in [-0.25, -0.2) is 9.97 Å². The topological polar surface area (TPSA) is 38.9 Å². The molecule has 2 heterocycles. The van der Waals surface area contributed by atoms with Crippen molar-refractivity contribution in [2.75, 3.05) is 0 Å². The van der Waals surface area contributed by atoms with E-state index in [9.17, 15) is 0 Å². The van der Waals surface area contributed by atoms with Gasteiger partial charge >= 0.3 is 0 Å². The number of rotatable bonds is 7. The molecule has 2 aromatic heterocycles. The van der Waals surface area contributed by atoms with Crippen molar-refractivity contribution in [1.29, 1.82) is 0 Å². The lowest BCUT2D eigenvalue weighted by Crippen LogP contribution is -2.22. The van der Waals surface area contributed by atoms with Crippen LogP contribution < -0.4 is 0 Å². The molecule has 0 aliphatic heterocycles. The zero-order chi connectivity index (χ0) is 41.9. The van der Waals surface area contributed by atoms with Crippen molar-refractivity contribution < 1.29 is 4.42 Å². The predicted octanol–water partition coefficient (Wildman–Crippen LogP) is 15.7. The van der Waals surface area contributed by atoms with Crippen molar-refractivity contribution >= 4 is 21.9 Å². The third-order valence-corrected chi connectivity index (χ3v) is 13.0.